The van der Waals surface area contributed by atoms with Gasteiger partial charge in [-0.15, -0.1) is 0 Å². The second-order valence-electron chi connectivity index (χ2n) is 5.83. The minimum atomic E-state index is 0.196. The number of ether oxygens (including phenoxy) is 1. The Morgan fingerprint density at radius 3 is 2.89 bits per heavy atom. The van der Waals surface area contributed by atoms with E-state index in [0.717, 1.165) is 38.1 Å². The average molecular weight is 265 g/mol. The van der Waals surface area contributed by atoms with Gasteiger partial charge < -0.3 is 10.5 Å². The normalized spacial score (nSPS) is 20.9. The topological polar surface area (TPSA) is 53.1 Å². The molecular formula is C15H27N3O. The number of aromatic nitrogens is 2. The summed E-state index contributed by atoms with van der Waals surface area (Å²) in [4.78, 5) is 0. The van der Waals surface area contributed by atoms with Crippen LogP contribution in [0, 0.1) is 13.8 Å². The zero-order chi connectivity index (χ0) is 13.8. The van der Waals surface area contributed by atoms with Crippen LogP contribution in [0.5, 0.6) is 0 Å². The minimum Gasteiger partial charge on any atom is -0.378 e. The molecule has 2 rings (SSSR count). The van der Waals surface area contributed by atoms with Gasteiger partial charge in [-0.1, -0.05) is 0 Å². The third kappa shape index (κ3) is 3.80. The molecule has 1 fully saturated rings. The summed E-state index contributed by atoms with van der Waals surface area (Å²) in [6.45, 7) is 8.23. The SMILES string of the molecule is Cc1nn(CCCC2CCCO2)c(C)c1CC(C)N. The third-order valence-electron chi connectivity index (χ3n) is 3.98. The maximum Gasteiger partial charge on any atom is 0.0629 e. The maximum absolute atomic E-state index is 5.90. The molecule has 1 aromatic rings. The second kappa shape index (κ2) is 6.53. The lowest BCUT2D eigenvalue weighted by molar-refractivity contribution is 0.101. The van der Waals surface area contributed by atoms with Crippen LogP contribution >= 0.6 is 0 Å². The number of hydrogen-bond donors (Lipinski definition) is 1. The number of aryl methyl sites for hydroxylation is 2. The van der Waals surface area contributed by atoms with Gasteiger partial charge in [0.05, 0.1) is 11.8 Å². The van der Waals surface area contributed by atoms with Gasteiger partial charge in [-0.2, -0.15) is 5.10 Å². The van der Waals surface area contributed by atoms with E-state index in [1.54, 1.807) is 0 Å². The molecule has 2 unspecified atom stereocenters. The van der Waals surface area contributed by atoms with Crippen molar-refractivity contribution in [2.75, 3.05) is 6.61 Å². The third-order valence-corrected chi connectivity index (χ3v) is 3.98. The molecule has 0 aromatic carbocycles. The van der Waals surface area contributed by atoms with Crippen molar-refractivity contribution in [1.29, 1.82) is 0 Å². The Morgan fingerprint density at radius 1 is 1.47 bits per heavy atom. The van der Waals surface area contributed by atoms with Crippen molar-refractivity contribution in [3.63, 3.8) is 0 Å². The first-order valence-corrected chi connectivity index (χ1v) is 7.48. The van der Waals surface area contributed by atoms with Crippen molar-refractivity contribution < 1.29 is 4.74 Å². The van der Waals surface area contributed by atoms with Gasteiger partial charge in [-0.05, 0) is 58.4 Å². The first-order chi connectivity index (χ1) is 9.08. The second-order valence-corrected chi connectivity index (χ2v) is 5.83. The van der Waals surface area contributed by atoms with Crippen molar-refractivity contribution in [1.82, 2.24) is 9.78 Å². The number of hydrogen-bond acceptors (Lipinski definition) is 3. The van der Waals surface area contributed by atoms with Crippen molar-refractivity contribution in [2.24, 2.45) is 5.73 Å². The summed E-state index contributed by atoms with van der Waals surface area (Å²) >= 11 is 0. The molecule has 4 heteroatoms. The van der Waals surface area contributed by atoms with Gasteiger partial charge in [0.25, 0.3) is 0 Å². The highest BCUT2D eigenvalue weighted by Gasteiger charge is 2.16. The summed E-state index contributed by atoms with van der Waals surface area (Å²) in [7, 11) is 0. The predicted molar refractivity (Wildman–Crippen MR) is 77.3 cm³/mol. The van der Waals surface area contributed by atoms with E-state index in [4.69, 9.17) is 10.5 Å². The predicted octanol–water partition coefficient (Wildman–Crippen LogP) is 2.35. The number of nitrogens with two attached hydrogens (primary N) is 1. The molecule has 0 radical (unpaired) electrons. The molecule has 1 aromatic heterocycles. The zero-order valence-corrected chi connectivity index (χ0v) is 12.5. The molecule has 0 bridgehead atoms. The van der Waals surface area contributed by atoms with Crippen LogP contribution in [0.25, 0.3) is 0 Å². The van der Waals surface area contributed by atoms with E-state index in [1.165, 1.54) is 24.1 Å². The number of rotatable bonds is 6. The first kappa shape index (κ1) is 14.5. The van der Waals surface area contributed by atoms with Gasteiger partial charge in [0.2, 0.25) is 0 Å². The van der Waals surface area contributed by atoms with E-state index in [1.807, 2.05) is 6.92 Å². The molecule has 2 atom stereocenters. The molecule has 1 aliphatic rings. The van der Waals surface area contributed by atoms with Gasteiger partial charge in [0.1, 0.15) is 0 Å². The van der Waals surface area contributed by atoms with Crippen molar-refractivity contribution in [3.05, 3.63) is 17.0 Å². The molecule has 0 aliphatic carbocycles. The van der Waals surface area contributed by atoms with E-state index in [0.29, 0.717) is 6.10 Å². The van der Waals surface area contributed by atoms with E-state index in [-0.39, 0.29) is 6.04 Å². The van der Waals surface area contributed by atoms with E-state index in [9.17, 15) is 0 Å². The van der Waals surface area contributed by atoms with Crippen molar-refractivity contribution >= 4 is 0 Å². The molecule has 4 nitrogen and oxygen atoms in total. The van der Waals surface area contributed by atoms with Crippen LogP contribution in [0.2, 0.25) is 0 Å². The van der Waals surface area contributed by atoms with Gasteiger partial charge >= 0.3 is 0 Å². The summed E-state index contributed by atoms with van der Waals surface area (Å²) in [5, 5.41) is 4.65. The van der Waals surface area contributed by atoms with Crippen LogP contribution in [0.3, 0.4) is 0 Å². The fourth-order valence-electron chi connectivity index (χ4n) is 2.91. The van der Waals surface area contributed by atoms with Crippen LogP contribution < -0.4 is 5.73 Å². The summed E-state index contributed by atoms with van der Waals surface area (Å²) in [6, 6.07) is 0.196. The van der Waals surface area contributed by atoms with Gasteiger partial charge in [-0.3, -0.25) is 4.68 Å². The Balaban J connectivity index is 1.89. The Labute approximate surface area is 116 Å². The summed E-state index contributed by atoms with van der Waals surface area (Å²) in [5.41, 5.74) is 9.64. The highest BCUT2D eigenvalue weighted by molar-refractivity contribution is 5.25. The quantitative estimate of drug-likeness (QED) is 0.859. The molecule has 1 aliphatic heterocycles. The number of nitrogens with zero attached hydrogens (tertiary/aromatic N) is 2. The van der Waals surface area contributed by atoms with Crippen LogP contribution in [-0.2, 0) is 17.7 Å². The molecule has 108 valence electrons. The van der Waals surface area contributed by atoms with Gasteiger partial charge in [0, 0.05) is 24.9 Å². The first-order valence-electron chi connectivity index (χ1n) is 7.48. The Morgan fingerprint density at radius 2 is 2.26 bits per heavy atom. The molecule has 19 heavy (non-hydrogen) atoms. The fraction of sp³-hybridized carbons (Fsp3) is 0.800. The smallest absolute Gasteiger partial charge is 0.0629 e. The summed E-state index contributed by atoms with van der Waals surface area (Å²) in [5.74, 6) is 0. The van der Waals surface area contributed by atoms with Crippen LogP contribution in [0.15, 0.2) is 0 Å². The minimum absolute atomic E-state index is 0.196. The van der Waals surface area contributed by atoms with Gasteiger partial charge in [-0.25, -0.2) is 0 Å². The average Bonchev–Trinajstić information content (AvgIpc) is 2.94. The lowest BCUT2D eigenvalue weighted by Crippen LogP contribution is -2.18. The van der Waals surface area contributed by atoms with E-state index in [2.05, 4.69) is 23.6 Å². The fourth-order valence-corrected chi connectivity index (χ4v) is 2.91. The van der Waals surface area contributed by atoms with Crippen molar-refractivity contribution in [3.8, 4) is 0 Å². The van der Waals surface area contributed by atoms with Crippen LogP contribution in [0.4, 0.5) is 0 Å². The zero-order valence-electron chi connectivity index (χ0n) is 12.5. The molecular weight excluding hydrogens is 238 g/mol. The van der Waals surface area contributed by atoms with E-state index < -0.39 is 0 Å². The monoisotopic (exact) mass is 265 g/mol. The molecule has 0 spiro atoms. The molecule has 2 heterocycles. The highest BCUT2D eigenvalue weighted by Crippen LogP contribution is 2.19. The van der Waals surface area contributed by atoms with Crippen molar-refractivity contribution in [2.45, 2.75) is 71.6 Å². The molecule has 2 N–H and O–H groups in total. The van der Waals surface area contributed by atoms with E-state index >= 15 is 0 Å². The van der Waals surface area contributed by atoms with Crippen LogP contribution in [0.1, 0.15) is 49.6 Å². The maximum atomic E-state index is 5.90. The Kier molecular flexibility index (Phi) is 4.99. The summed E-state index contributed by atoms with van der Waals surface area (Å²) < 4.78 is 7.80. The highest BCUT2D eigenvalue weighted by atomic mass is 16.5. The lowest BCUT2D eigenvalue weighted by atomic mass is 10.1. The molecule has 1 saturated heterocycles. The lowest BCUT2D eigenvalue weighted by Gasteiger charge is -2.10. The summed E-state index contributed by atoms with van der Waals surface area (Å²) in [6.07, 6.45) is 6.16. The largest absolute Gasteiger partial charge is 0.378 e. The standard InChI is InChI=1S/C15H27N3O/c1-11(16)10-15-12(2)17-18(13(15)3)8-4-6-14-7-5-9-19-14/h11,14H,4-10,16H2,1-3H3. The molecule has 0 saturated carbocycles. The Hall–Kier alpha value is -0.870. The Bertz CT molecular complexity index is 406. The van der Waals surface area contributed by atoms with Gasteiger partial charge in [0.15, 0.2) is 0 Å². The van der Waals surface area contributed by atoms with Crippen LogP contribution in [-0.4, -0.2) is 28.5 Å². The molecule has 0 amide bonds.